The molecule has 3 aromatic carbocycles. The highest BCUT2D eigenvalue weighted by molar-refractivity contribution is 6.30. The largest absolute Gasteiger partial charge is 0.342 e. The maximum absolute atomic E-state index is 13.2. The smallest absolute Gasteiger partial charge is 0.271 e. The van der Waals surface area contributed by atoms with Gasteiger partial charge in [-0.2, -0.15) is 5.10 Å². The van der Waals surface area contributed by atoms with Gasteiger partial charge in [-0.1, -0.05) is 41.9 Å². The maximum atomic E-state index is 13.2. The van der Waals surface area contributed by atoms with Crippen LogP contribution in [0.3, 0.4) is 0 Å². The summed E-state index contributed by atoms with van der Waals surface area (Å²) in [6.07, 6.45) is 3.59. The molecule has 0 saturated carbocycles. The quantitative estimate of drug-likeness (QED) is 0.358. The van der Waals surface area contributed by atoms with E-state index in [1.54, 1.807) is 42.6 Å². The van der Waals surface area contributed by atoms with Crippen LogP contribution in [-0.4, -0.2) is 16.7 Å². The number of nitrogens with zero attached hydrogens (tertiary/aromatic N) is 2. The van der Waals surface area contributed by atoms with Crippen molar-refractivity contribution in [1.29, 1.82) is 0 Å². The Kier molecular flexibility index (Phi) is 5.40. The van der Waals surface area contributed by atoms with Crippen LogP contribution in [0.1, 0.15) is 21.5 Å². The molecule has 0 saturated heterocycles. The van der Waals surface area contributed by atoms with Crippen LogP contribution in [0.25, 0.3) is 10.9 Å². The minimum Gasteiger partial charge on any atom is -0.342 e. The predicted molar refractivity (Wildman–Crippen MR) is 114 cm³/mol. The first-order valence-electron chi connectivity index (χ1n) is 9.01. The van der Waals surface area contributed by atoms with Crippen molar-refractivity contribution in [2.24, 2.45) is 5.10 Å². The number of carbonyl (C=O) groups is 1. The Morgan fingerprint density at radius 1 is 1.03 bits per heavy atom. The van der Waals surface area contributed by atoms with Crippen molar-refractivity contribution in [2.45, 2.75) is 6.54 Å². The highest BCUT2D eigenvalue weighted by Gasteiger charge is 2.08. The van der Waals surface area contributed by atoms with E-state index in [1.165, 1.54) is 12.1 Å². The number of carbonyl (C=O) groups excluding carboxylic acids is 1. The summed E-state index contributed by atoms with van der Waals surface area (Å²) < 4.78 is 15.2. The van der Waals surface area contributed by atoms with Gasteiger partial charge < -0.3 is 4.57 Å². The summed E-state index contributed by atoms with van der Waals surface area (Å²) in [5.41, 5.74) is 5.91. The van der Waals surface area contributed by atoms with Gasteiger partial charge >= 0.3 is 0 Å². The maximum Gasteiger partial charge on any atom is 0.271 e. The van der Waals surface area contributed by atoms with Crippen LogP contribution in [0.5, 0.6) is 0 Å². The van der Waals surface area contributed by atoms with E-state index >= 15 is 0 Å². The Morgan fingerprint density at radius 3 is 2.52 bits per heavy atom. The van der Waals surface area contributed by atoms with E-state index < -0.39 is 0 Å². The van der Waals surface area contributed by atoms with Gasteiger partial charge in [0, 0.05) is 39.8 Å². The summed E-state index contributed by atoms with van der Waals surface area (Å²) in [5.74, 6) is -0.566. The molecule has 4 aromatic rings. The Balaban J connectivity index is 1.55. The van der Waals surface area contributed by atoms with Gasteiger partial charge in [0.1, 0.15) is 5.82 Å². The average molecular weight is 406 g/mol. The van der Waals surface area contributed by atoms with Crippen LogP contribution in [0.2, 0.25) is 5.02 Å². The number of para-hydroxylation sites is 1. The molecule has 4 nitrogen and oxygen atoms in total. The predicted octanol–water partition coefficient (Wildman–Crippen LogP) is 5.25. The topological polar surface area (TPSA) is 46.4 Å². The fourth-order valence-electron chi connectivity index (χ4n) is 3.12. The van der Waals surface area contributed by atoms with Crippen LogP contribution in [0, 0.1) is 5.82 Å². The summed E-state index contributed by atoms with van der Waals surface area (Å²) in [6, 6.07) is 21.0. The summed E-state index contributed by atoms with van der Waals surface area (Å²) in [5, 5.41) is 5.68. The summed E-state index contributed by atoms with van der Waals surface area (Å²) >= 11 is 5.84. The Bertz CT molecular complexity index is 1180. The normalized spacial score (nSPS) is 11.2. The lowest BCUT2D eigenvalue weighted by atomic mass is 10.2. The van der Waals surface area contributed by atoms with Crippen LogP contribution in [0.15, 0.2) is 84.1 Å². The molecule has 4 rings (SSSR count). The second kappa shape index (κ2) is 8.29. The third-order valence-electron chi connectivity index (χ3n) is 4.56. The Labute approximate surface area is 172 Å². The number of halogens is 2. The van der Waals surface area contributed by atoms with Gasteiger partial charge in [-0.15, -0.1) is 0 Å². The zero-order valence-corrected chi connectivity index (χ0v) is 16.1. The molecule has 0 spiro atoms. The first-order valence-corrected chi connectivity index (χ1v) is 9.39. The number of aromatic nitrogens is 1. The van der Waals surface area contributed by atoms with Crippen LogP contribution >= 0.6 is 11.6 Å². The fraction of sp³-hybridized carbons (Fsp3) is 0.0435. The number of hydrogen-bond acceptors (Lipinski definition) is 2. The van der Waals surface area contributed by atoms with E-state index in [9.17, 15) is 9.18 Å². The third-order valence-corrected chi connectivity index (χ3v) is 4.81. The second-order valence-corrected chi connectivity index (χ2v) is 7.00. The first kappa shape index (κ1) is 18.9. The van der Waals surface area contributed by atoms with Gasteiger partial charge in [-0.3, -0.25) is 4.79 Å². The van der Waals surface area contributed by atoms with E-state index in [-0.39, 0.29) is 11.7 Å². The van der Waals surface area contributed by atoms with Gasteiger partial charge in [0.2, 0.25) is 0 Å². The van der Waals surface area contributed by atoms with E-state index in [0.29, 0.717) is 17.1 Å². The Morgan fingerprint density at radius 2 is 1.76 bits per heavy atom. The molecule has 0 unspecified atom stereocenters. The van der Waals surface area contributed by atoms with Gasteiger partial charge in [0.25, 0.3) is 5.91 Å². The lowest BCUT2D eigenvalue weighted by Crippen LogP contribution is -2.17. The molecule has 0 aliphatic rings. The van der Waals surface area contributed by atoms with Gasteiger partial charge in [0.05, 0.1) is 6.21 Å². The average Bonchev–Trinajstić information content (AvgIpc) is 3.08. The van der Waals surface area contributed by atoms with Crippen LogP contribution in [0.4, 0.5) is 4.39 Å². The number of amides is 1. The highest BCUT2D eigenvalue weighted by atomic mass is 35.5. The molecule has 0 radical (unpaired) electrons. The summed E-state index contributed by atoms with van der Waals surface area (Å²) in [4.78, 5) is 12.2. The molecule has 0 aliphatic carbocycles. The molecule has 1 N–H and O–H groups in total. The van der Waals surface area contributed by atoms with Crippen LogP contribution < -0.4 is 5.43 Å². The van der Waals surface area contributed by atoms with E-state index in [1.807, 2.05) is 30.5 Å². The van der Waals surface area contributed by atoms with Crippen LogP contribution in [-0.2, 0) is 6.54 Å². The zero-order valence-electron chi connectivity index (χ0n) is 15.3. The minimum absolute atomic E-state index is 0.254. The van der Waals surface area contributed by atoms with Gasteiger partial charge in [-0.05, 0) is 48.0 Å². The fourth-order valence-corrected chi connectivity index (χ4v) is 3.25. The molecule has 1 heterocycles. The monoisotopic (exact) mass is 405 g/mol. The summed E-state index contributed by atoms with van der Waals surface area (Å²) in [7, 11) is 0. The molecule has 144 valence electrons. The molecule has 0 aliphatic heterocycles. The molecule has 0 atom stereocenters. The van der Waals surface area contributed by atoms with Crippen molar-refractivity contribution in [2.75, 3.05) is 0 Å². The van der Waals surface area contributed by atoms with Gasteiger partial charge in [-0.25, -0.2) is 9.82 Å². The highest BCUT2D eigenvalue weighted by Crippen LogP contribution is 2.21. The molecule has 1 amide bonds. The molecular formula is C23H17ClFN3O. The molecule has 29 heavy (non-hydrogen) atoms. The standard InChI is InChI=1S/C23H17ClFN3O/c24-19-9-7-17(8-10-19)23(29)27-26-13-18-15-28(22-4-2-1-3-21(18)22)14-16-5-11-20(25)12-6-16/h1-13,15H,14H2,(H,27,29)/b26-13+. The van der Waals surface area contributed by atoms with Crippen molar-refractivity contribution >= 4 is 34.6 Å². The third kappa shape index (κ3) is 4.36. The van der Waals surface area contributed by atoms with Crippen molar-refractivity contribution in [3.8, 4) is 0 Å². The van der Waals surface area contributed by atoms with E-state index in [2.05, 4.69) is 15.1 Å². The van der Waals surface area contributed by atoms with Gasteiger partial charge in [0.15, 0.2) is 0 Å². The SMILES string of the molecule is O=C(N/N=C/c1cn(Cc2ccc(F)cc2)c2ccccc12)c1ccc(Cl)cc1. The lowest BCUT2D eigenvalue weighted by molar-refractivity contribution is 0.0955. The van der Waals surface area contributed by atoms with Crippen molar-refractivity contribution in [3.05, 3.63) is 107 Å². The number of nitrogens with one attached hydrogen (secondary N) is 1. The molecular weight excluding hydrogens is 389 g/mol. The zero-order chi connectivity index (χ0) is 20.2. The second-order valence-electron chi connectivity index (χ2n) is 6.56. The first-order chi connectivity index (χ1) is 14.1. The molecule has 0 fully saturated rings. The summed E-state index contributed by atoms with van der Waals surface area (Å²) in [6.45, 7) is 0.603. The molecule has 6 heteroatoms. The number of fused-ring (bicyclic) bond motifs is 1. The van der Waals surface area contributed by atoms with Crippen molar-refractivity contribution in [1.82, 2.24) is 9.99 Å². The molecule has 1 aromatic heterocycles. The minimum atomic E-state index is -0.312. The lowest BCUT2D eigenvalue weighted by Gasteiger charge is -2.05. The number of rotatable bonds is 5. The number of hydrogen-bond donors (Lipinski definition) is 1. The Hall–Kier alpha value is -3.44. The van der Waals surface area contributed by atoms with E-state index in [4.69, 9.17) is 11.6 Å². The van der Waals surface area contributed by atoms with Crippen molar-refractivity contribution in [3.63, 3.8) is 0 Å². The molecule has 0 bridgehead atoms. The van der Waals surface area contributed by atoms with E-state index in [0.717, 1.165) is 22.0 Å². The van der Waals surface area contributed by atoms with Crippen molar-refractivity contribution < 1.29 is 9.18 Å². The number of benzene rings is 3. The number of hydrazone groups is 1.